The maximum atomic E-state index is 12.6. The van der Waals surface area contributed by atoms with Crippen molar-refractivity contribution >= 4 is 35.0 Å². The minimum absolute atomic E-state index is 0.147. The summed E-state index contributed by atoms with van der Waals surface area (Å²) in [6.07, 6.45) is 0. The molecule has 0 atom stereocenters. The van der Waals surface area contributed by atoms with Crippen molar-refractivity contribution in [1.29, 1.82) is 0 Å². The Bertz CT molecular complexity index is 1230. The Morgan fingerprint density at radius 2 is 1.81 bits per heavy atom. The van der Waals surface area contributed by atoms with Crippen LogP contribution in [0.4, 0.5) is 5.69 Å². The third-order valence-corrected chi connectivity index (χ3v) is 5.97. The molecule has 162 valence electrons. The average Bonchev–Trinajstić information content (AvgIpc) is 3.25. The molecule has 0 radical (unpaired) electrons. The largest absolute Gasteiger partial charge is 0.497 e. The zero-order chi connectivity index (χ0) is 22.5. The number of rotatable bonds is 7. The fourth-order valence-corrected chi connectivity index (χ4v) is 4.07. The molecule has 1 N–H and O–H groups in total. The summed E-state index contributed by atoms with van der Waals surface area (Å²) in [6.45, 7) is 1.92. The fraction of sp³-hybridized carbons (Fsp3) is 0.125. The molecule has 0 fully saturated rings. The van der Waals surface area contributed by atoms with Crippen molar-refractivity contribution in [2.24, 2.45) is 0 Å². The number of methoxy groups -OCH3 is 1. The summed E-state index contributed by atoms with van der Waals surface area (Å²) >= 11 is 7.38. The highest BCUT2D eigenvalue weighted by Crippen LogP contribution is 2.29. The van der Waals surface area contributed by atoms with Gasteiger partial charge in [0.15, 0.2) is 11.0 Å². The molecule has 1 amide bonds. The van der Waals surface area contributed by atoms with Crippen LogP contribution in [0, 0.1) is 6.92 Å². The molecule has 4 rings (SSSR count). The van der Waals surface area contributed by atoms with Gasteiger partial charge in [-0.3, -0.25) is 9.36 Å². The molecule has 0 unspecified atom stereocenters. The van der Waals surface area contributed by atoms with Gasteiger partial charge in [0.1, 0.15) is 5.75 Å². The van der Waals surface area contributed by atoms with Crippen molar-refractivity contribution in [1.82, 2.24) is 14.8 Å². The molecule has 0 aliphatic carbocycles. The maximum absolute atomic E-state index is 12.6. The topological polar surface area (TPSA) is 69.0 Å². The van der Waals surface area contributed by atoms with E-state index in [2.05, 4.69) is 15.5 Å². The summed E-state index contributed by atoms with van der Waals surface area (Å²) in [5, 5.41) is 12.9. The van der Waals surface area contributed by atoms with Gasteiger partial charge in [0, 0.05) is 22.0 Å². The van der Waals surface area contributed by atoms with E-state index in [1.807, 2.05) is 72.2 Å². The number of amides is 1. The molecule has 0 aliphatic heterocycles. The van der Waals surface area contributed by atoms with Gasteiger partial charge in [-0.05, 0) is 48.9 Å². The van der Waals surface area contributed by atoms with E-state index in [9.17, 15) is 4.79 Å². The molecule has 0 aliphatic rings. The Hall–Kier alpha value is -3.29. The molecule has 8 heteroatoms. The maximum Gasteiger partial charge on any atom is 0.234 e. The Labute approximate surface area is 195 Å². The second-order valence-corrected chi connectivity index (χ2v) is 8.38. The Morgan fingerprint density at radius 3 is 2.53 bits per heavy atom. The van der Waals surface area contributed by atoms with Crippen LogP contribution in [-0.4, -0.2) is 33.5 Å². The Kier molecular flexibility index (Phi) is 6.78. The zero-order valence-corrected chi connectivity index (χ0v) is 19.2. The second-order valence-electron chi connectivity index (χ2n) is 7.00. The first-order chi connectivity index (χ1) is 15.5. The van der Waals surface area contributed by atoms with E-state index in [0.717, 1.165) is 22.6 Å². The van der Waals surface area contributed by atoms with E-state index in [4.69, 9.17) is 16.3 Å². The van der Waals surface area contributed by atoms with Crippen LogP contribution in [0.1, 0.15) is 5.56 Å². The van der Waals surface area contributed by atoms with Gasteiger partial charge in [-0.1, -0.05) is 59.8 Å². The molecule has 4 aromatic rings. The predicted molar refractivity (Wildman–Crippen MR) is 129 cm³/mol. The summed E-state index contributed by atoms with van der Waals surface area (Å²) < 4.78 is 7.22. The molecule has 0 spiro atoms. The normalized spacial score (nSPS) is 10.7. The third-order valence-electron chi connectivity index (χ3n) is 4.80. The van der Waals surface area contributed by atoms with Crippen molar-refractivity contribution in [3.63, 3.8) is 0 Å². The van der Waals surface area contributed by atoms with Gasteiger partial charge in [0.05, 0.1) is 12.9 Å². The number of thioether (sulfide) groups is 1. The third kappa shape index (κ3) is 4.95. The van der Waals surface area contributed by atoms with E-state index in [1.165, 1.54) is 11.8 Å². The molecule has 1 aromatic heterocycles. The van der Waals surface area contributed by atoms with E-state index in [1.54, 1.807) is 19.2 Å². The monoisotopic (exact) mass is 464 g/mol. The minimum atomic E-state index is -0.147. The smallest absolute Gasteiger partial charge is 0.234 e. The van der Waals surface area contributed by atoms with Crippen LogP contribution < -0.4 is 10.1 Å². The highest BCUT2D eigenvalue weighted by atomic mass is 35.5. The van der Waals surface area contributed by atoms with E-state index in [-0.39, 0.29) is 11.7 Å². The van der Waals surface area contributed by atoms with E-state index in [0.29, 0.717) is 21.7 Å². The number of nitrogens with one attached hydrogen (secondary N) is 1. The number of ether oxygens (including phenoxy) is 1. The highest BCUT2D eigenvalue weighted by Gasteiger charge is 2.17. The van der Waals surface area contributed by atoms with Gasteiger partial charge in [-0.15, -0.1) is 10.2 Å². The van der Waals surface area contributed by atoms with Gasteiger partial charge in [0.2, 0.25) is 5.91 Å². The van der Waals surface area contributed by atoms with Gasteiger partial charge >= 0.3 is 0 Å². The van der Waals surface area contributed by atoms with Crippen LogP contribution in [0.3, 0.4) is 0 Å². The quantitative estimate of drug-likeness (QED) is 0.359. The number of carbonyl (C=O) groups is 1. The number of benzene rings is 3. The van der Waals surface area contributed by atoms with Crippen LogP contribution in [0.5, 0.6) is 5.75 Å². The average molecular weight is 465 g/mol. The van der Waals surface area contributed by atoms with Crippen LogP contribution >= 0.6 is 23.4 Å². The number of aryl methyl sites for hydroxylation is 1. The first kappa shape index (κ1) is 21.9. The van der Waals surface area contributed by atoms with Crippen LogP contribution in [0.2, 0.25) is 5.02 Å². The molecular weight excluding hydrogens is 444 g/mol. The lowest BCUT2D eigenvalue weighted by Gasteiger charge is -2.12. The standard InChI is InChI=1S/C24H21ClN4O2S/c1-16-8-9-18(25)14-21(16)26-22(30)15-32-24-28-27-23(17-6-4-3-5-7-17)29(24)19-10-12-20(31-2)13-11-19/h3-14H,15H2,1-2H3,(H,26,30). The van der Waals surface area contributed by atoms with Crippen molar-refractivity contribution in [2.75, 3.05) is 18.2 Å². The van der Waals surface area contributed by atoms with E-state index >= 15 is 0 Å². The van der Waals surface area contributed by atoms with Gasteiger partial charge in [-0.2, -0.15) is 0 Å². The van der Waals surface area contributed by atoms with Gasteiger partial charge < -0.3 is 10.1 Å². The number of hydrogen-bond acceptors (Lipinski definition) is 5. The molecule has 32 heavy (non-hydrogen) atoms. The molecule has 0 saturated heterocycles. The fourth-order valence-electron chi connectivity index (χ4n) is 3.15. The molecule has 0 bridgehead atoms. The summed E-state index contributed by atoms with van der Waals surface area (Å²) in [4.78, 5) is 12.6. The van der Waals surface area contributed by atoms with Crippen molar-refractivity contribution < 1.29 is 9.53 Å². The Balaban J connectivity index is 1.60. The summed E-state index contributed by atoms with van der Waals surface area (Å²) in [5.41, 5.74) is 3.45. The summed E-state index contributed by atoms with van der Waals surface area (Å²) in [7, 11) is 1.63. The van der Waals surface area contributed by atoms with Gasteiger partial charge in [0.25, 0.3) is 0 Å². The first-order valence-electron chi connectivity index (χ1n) is 9.89. The van der Waals surface area contributed by atoms with Crippen LogP contribution in [-0.2, 0) is 4.79 Å². The second kappa shape index (κ2) is 9.89. The SMILES string of the molecule is COc1ccc(-n2c(SCC(=O)Nc3cc(Cl)ccc3C)nnc2-c2ccccc2)cc1. The van der Waals surface area contributed by atoms with Crippen molar-refractivity contribution in [2.45, 2.75) is 12.1 Å². The van der Waals surface area contributed by atoms with Crippen molar-refractivity contribution in [3.05, 3.63) is 83.4 Å². The lowest BCUT2D eigenvalue weighted by molar-refractivity contribution is -0.113. The number of carbonyl (C=O) groups excluding carboxylic acids is 1. The molecule has 6 nitrogen and oxygen atoms in total. The minimum Gasteiger partial charge on any atom is -0.497 e. The number of hydrogen-bond donors (Lipinski definition) is 1. The Morgan fingerprint density at radius 1 is 1.06 bits per heavy atom. The summed E-state index contributed by atoms with van der Waals surface area (Å²) in [5.74, 6) is 1.48. The first-order valence-corrected chi connectivity index (χ1v) is 11.3. The predicted octanol–water partition coefficient (Wildman–Crippen LogP) is 5.64. The molecular formula is C24H21ClN4O2S. The number of aromatic nitrogens is 3. The summed E-state index contributed by atoms with van der Waals surface area (Å²) in [6, 6.07) is 22.9. The lowest BCUT2D eigenvalue weighted by atomic mass is 10.2. The molecule has 3 aromatic carbocycles. The number of nitrogens with zero attached hydrogens (tertiary/aromatic N) is 3. The number of halogens is 1. The highest BCUT2D eigenvalue weighted by molar-refractivity contribution is 7.99. The molecule has 0 saturated carbocycles. The van der Waals surface area contributed by atoms with Crippen LogP contribution in [0.25, 0.3) is 17.1 Å². The van der Waals surface area contributed by atoms with Crippen LogP contribution in [0.15, 0.2) is 78.0 Å². The zero-order valence-electron chi connectivity index (χ0n) is 17.6. The van der Waals surface area contributed by atoms with E-state index < -0.39 is 0 Å². The van der Waals surface area contributed by atoms with Gasteiger partial charge in [-0.25, -0.2) is 0 Å². The number of anilines is 1. The molecule has 1 heterocycles. The van der Waals surface area contributed by atoms with Crippen molar-refractivity contribution in [3.8, 4) is 22.8 Å². The lowest BCUT2D eigenvalue weighted by Crippen LogP contribution is -2.15.